The molecule has 0 fully saturated rings. The predicted octanol–water partition coefficient (Wildman–Crippen LogP) is 4.96. The zero-order valence-electron chi connectivity index (χ0n) is 7.00. The fourth-order valence-electron chi connectivity index (χ4n) is 0.600. The van der Waals surface area contributed by atoms with E-state index in [2.05, 4.69) is 0 Å². The van der Waals surface area contributed by atoms with Crippen molar-refractivity contribution in [3.05, 3.63) is 0 Å². The Morgan fingerprint density at radius 3 is 1.13 bits per heavy atom. The van der Waals surface area contributed by atoms with Gasteiger partial charge in [0.2, 0.25) is 7.59 Å². The van der Waals surface area contributed by atoms with Crippen LogP contribution >= 0.6 is 92.8 Å². The van der Waals surface area contributed by atoms with Gasteiger partial charge in [0.1, 0.15) is 12.2 Å². The molecule has 92 valence electrons. The first-order valence-corrected chi connectivity index (χ1v) is 6.87. The van der Waals surface area contributed by atoms with Gasteiger partial charge in [0.25, 0.3) is 0 Å². The van der Waals surface area contributed by atoms with Gasteiger partial charge in [-0.15, -0.1) is 23.2 Å². The Morgan fingerprint density at radius 1 is 0.733 bits per heavy atom. The lowest BCUT2D eigenvalue weighted by Crippen LogP contribution is -2.40. The first-order chi connectivity index (χ1) is 6.62. The third-order valence-electron chi connectivity index (χ3n) is 1.34. The maximum absolute atomic E-state index is 5.60. The van der Waals surface area contributed by atoms with E-state index in [1.54, 1.807) is 0 Å². The molecule has 0 aliphatic heterocycles. The smallest absolute Gasteiger partial charge is 0.217 e. The molecule has 0 aromatic carbocycles. The molecule has 9 heteroatoms. The van der Waals surface area contributed by atoms with Crippen molar-refractivity contribution in [2.24, 2.45) is 0 Å². The zero-order valence-corrected chi connectivity index (χ0v) is 13.0. The number of hydrogen-bond acceptors (Lipinski definition) is 1. The lowest BCUT2D eigenvalue weighted by atomic mass is 10.4. The Labute approximate surface area is 128 Å². The average Bonchev–Trinajstić information content (AvgIpc) is 2.01. The van der Waals surface area contributed by atoms with Crippen molar-refractivity contribution in [3.63, 3.8) is 0 Å². The molecule has 0 radical (unpaired) electrons. The molecule has 0 aliphatic rings. The van der Waals surface area contributed by atoms with Gasteiger partial charge in [-0.1, -0.05) is 69.6 Å². The first-order valence-electron chi connectivity index (χ1n) is 3.53. The normalized spacial score (nSPS) is 17.6. The van der Waals surface area contributed by atoms with Crippen LogP contribution in [0.4, 0.5) is 0 Å². The molecule has 0 aromatic heterocycles. The van der Waals surface area contributed by atoms with Gasteiger partial charge in [-0.2, -0.15) is 0 Å². The minimum Gasteiger partial charge on any atom is -0.364 e. The van der Waals surface area contributed by atoms with E-state index in [1.807, 2.05) is 0 Å². The number of hydrogen-bond donors (Lipinski definition) is 0. The van der Waals surface area contributed by atoms with Crippen molar-refractivity contribution in [3.8, 4) is 0 Å². The summed E-state index contributed by atoms with van der Waals surface area (Å²) in [6, 6.07) is 0. The summed E-state index contributed by atoms with van der Waals surface area (Å²) >= 11 is 44.7. The Morgan fingerprint density at radius 2 is 1.00 bits per heavy atom. The van der Waals surface area contributed by atoms with Gasteiger partial charge in [0, 0.05) is 0 Å². The fraction of sp³-hybridized carbons (Fsp3) is 1.00. The molecule has 0 saturated heterocycles. The van der Waals surface area contributed by atoms with Crippen molar-refractivity contribution in [2.45, 2.75) is 19.8 Å². The molecule has 0 rings (SSSR count). The van der Waals surface area contributed by atoms with Crippen LogP contribution < -0.4 is 0 Å². The van der Waals surface area contributed by atoms with Gasteiger partial charge in [0.15, 0.2) is 0 Å². The minimum atomic E-state index is -1.71. The van der Waals surface area contributed by atoms with E-state index in [4.69, 9.17) is 97.5 Å². The molecule has 2 unspecified atom stereocenters. The number of alkyl halides is 8. The number of ether oxygens (including phenoxy) is 1. The second-order valence-corrected chi connectivity index (χ2v) is 7.86. The second kappa shape index (κ2) is 7.01. The quantitative estimate of drug-likeness (QED) is 0.629. The summed E-state index contributed by atoms with van der Waals surface area (Å²) in [5.74, 6) is -0.130. The molecule has 0 amide bonds. The van der Waals surface area contributed by atoms with Gasteiger partial charge in [-0.25, -0.2) is 0 Å². The summed E-state index contributed by atoms with van der Waals surface area (Å²) in [5.41, 5.74) is 0. The van der Waals surface area contributed by atoms with Crippen LogP contribution in [0.2, 0.25) is 0 Å². The molecule has 0 spiro atoms. The molecule has 0 heterocycles. The lowest BCUT2D eigenvalue weighted by molar-refractivity contribution is 0.0170. The van der Waals surface area contributed by atoms with Crippen LogP contribution in [0.15, 0.2) is 0 Å². The maximum atomic E-state index is 5.60. The standard InChI is InChI=1S/C6H6Cl8O/c7-1-3(5(9,10)11)15-4(2-8)6(12,13)14/h3-4H,1-2H2. The molecular formula is C6H6Cl8O. The SMILES string of the molecule is ClCC(OC(CCl)C(Cl)(Cl)Cl)C(Cl)(Cl)Cl. The Hall–Kier alpha value is 2.28. The van der Waals surface area contributed by atoms with Crippen LogP contribution in [0, 0.1) is 0 Å². The summed E-state index contributed by atoms with van der Waals surface area (Å²) < 4.78 is 1.81. The van der Waals surface area contributed by atoms with Gasteiger partial charge < -0.3 is 4.74 Å². The van der Waals surface area contributed by atoms with Crippen LogP contribution in [-0.2, 0) is 4.74 Å². The van der Waals surface area contributed by atoms with E-state index in [0.29, 0.717) is 0 Å². The Balaban J connectivity index is 4.52. The average molecular weight is 378 g/mol. The number of rotatable bonds is 4. The second-order valence-electron chi connectivity index (χ2n) is 2.51. The van der Waals surface area contributed by atoms with Crippen molar-refractivity contribution in [1.29, 1.82) is 0 Å². The third-order valence-corrected chi connectivity index (χ3v) is 3.36. The van der Waals surface area contributed by atoms with Crippen molar-refractivity contribution in [1.82, 2.24) is 0 Å². The zero-order chi connectivity index (χ0) is 12.3. The molecule has 1 nitrogen and oxygen atoms in total. The minimum absolute atomic E-state index is 0.0648. The highest BCUT2D eigenvalue weighted by atomic mass is 35.6. The van der Waals surface area contributed by atoms with Crippen LogP contribution in [0.25, 0.3) is 0 Å². The van der Waals surface area contributed by atoms with Gasteiger partial charge in [0.05, 0.1) is 11.8 Å². The van der Waals surface area contributed by atoms with E-state index >= 15 is 0 Å². The maximum Gasteiger partial charge on any atom is 0.217 e. The van der Waals surface area contributed by atoms with Crippen molar-refractivity contribution >= 4 is 92.8 Å². The molecule has 2 atom stereocenters. The van der Waals surface area contributed by atoms with Crippen LogP contribution in [0.1, 0.15) is 0 Å². The summed E-state index contributed by atoms with van der Waals surface area (Å²) in [5, 5.41) is 0. The van der Waals surface area contributed by atoms with Gasteiger partial charge in [-0.3, -0.25) is 0 Å². The van der Waals surface area contributed by atoms with Gasteiger partial charge >= 0.3 is 0 Å². The highest BCUT2D eigenvalue weighted by Gasteiger charge is 2.40. The highest BCUT2D eigenvalue weighted by molar-refractivity contribution is 6.69. The molecule has 0 N–H and O–H groups in total. The Kier molecular flexibility index (Phi) is 8.08. The van der Waals surface area contributed by atoms with E-state index in [0.717, 1.165) is 0 Å². The molecule has 0 saturated carbocycles. The number of halogens is 8. The molecule has 15 heavy (non-hydrogen) atoms. The van der Waals surface area contributed by atoms with E-state index in [9.17, 15) is 0 Å². The highest BCUT2D eigenvalue weighted by Crippen LogP contribution is 2.38. The molecular weight excluding hydrogens is 372 g/mol. The van der Waals surface area contributed by atoms with Crippen LogP contribution in [0.3, 0.4) is 0 Å². The Bertz CT molecular complexity index is 165. The third kappa shape index (κ3) is 6.69. The topological polar surface area (TPSA) is 9.23 Å². The summed E-state index contributed by atoms with van der Waals surface area (Å²) in [7, 11) is 0. The summed E-state index contributed by atoms with van der Waals surface area (Å²) in [6.07, 6.45) is -1.83. The first kappa shape index (κ1) is 17.3. The molecule has 0 aromatic rings. The van der Waals surface area contributed by atoms with E-state index in [-0.39, 0.29) is 11.8 Å². The summed E-state index contributed by atoms with van der Waals surface area (Å²) in [4.78, 5) is 0. The van der Waals surface area contributed by atoms with Crippen molar-refractivity contribution < 1.29 is 4.74 Å². The molecule has 0 bridgehead atoms. The molecule has 0 aliphatic carbocycles. The van der Waals surface area contributed by atoms with Crippen molar-refractivity contribution in [2.75, 3.05) is 11.8 Å². The lowest BCUT2D eigenvalue weighted by Gasteiger charge is -2.30. The van der Waals surface area contributed by atoms with Crippen LogP contribution in [-0.4, -0.2) is 31.6 Å². The predicted molar refractivity (Wildman–Crippen MR) is 70.7 cm³/mol. The van der Waals surface area contributed by atoms with E-state index in [1.165, 1.54) is 0 Å². The van der Waals surface area contributed by atoms with Gasteiger partial charge in [-0.05, 0) is 0 Å². The largest absolute Gasteiger partial charge is 0.364 e. The summed E-state index contributed by atoms with van der Waals surface area (Å²) in [6.45, 7) is 0. The fourth-order valence-corrected chi connectivity index (χ4v) is 2.45. The monoisotopic (exact) mass is 374 g/mol. The van der Waals surface area contributed by atoms with Crippen LogP contribution in [0.5, 0.6) is 0 Å². The van der Waals surface area contributed by atoms with E-state index < -0.39 is 19.8 Å².